The highest BCUT2D eigenvalue weighted by molar-refractivity contribution is 8.15. The molecule has 10 heavy (non-hydrogen) atoms. The minimum atomic E-state index is -0.923. The Bertz CT molecular complexity index is 110. The van der Waals surface area contributed by atoms with Crippen molar-refractivity contribution in [2.75, 3.05) is 17.1 Å². The number of aliphatic carboxylic acids is 1. The van der Waals surface area contributed by atoms with Crippen LogP contribution in [0.2, 0.25) is 0 Å². The van der Waals surface area contributed by atoms with E-state index >= 15 is 0 Å². The zero-order valence-corrected chi connectivity index (χ0v) is 7.37. The lowest BCUT2D eigenvalue weighted by Gasteiger charge is -2.03. The maximum atomic E-state index is 10.1. The first-order valence-electron chi connectivity index (χ1n) is 2.73. The van der Waals surface area contributed by atoms with Crippen LogP contribution in [0.4, 0.5) is 0 Å². The molecule has 0 rings (SSSR count). The molecule has 0 aliphatic carbocycles. The Morgan fingerprint density at radius 1 is 1.80 bits per heavy atom. The van der Waals surface area contributed by atoms with E-state index < -0.39 is 12.0 Å². The number of nitrogens with two attached hydrogens (primary N) is 1. The Morgan fingerprint density at radius 3 is 2.80 bits per heavy atom. The highest BCUT2D eigenvalue weighted by atomic mass is 32.2. The van der Waals surface area contributed by atoms with E-state index in [0.29, 0.717) is 5.75 Å². The molecular formula is C5H11NO2S2. The zero-order chi connectivity index (χ0) is 7.98. The molecule has 0 heterocycles. The SMILES string of the molecule is CSCSC[C@H](N)C(=O)O. The van der Waals surface area contributed by atoms with Gasteiger partial charge in [-0.1, -0.05) is 0 Å². The molecule has 0 radical (unpaired) electrons. The van der Waals surface area contributed by atoms with E-state index in [2.05, 4.69) is 0 Å². The Morgan fingerprint density at radius 2 is 2.40 bits per heavy atom. The summed E-state index contributed by atoms with van der Waals surface area (Å²) in [6.45, 7) is 0. The standard InChI is InChI=1S/C5H11NO2S2/c1-9-3-10-2-4(6)5(7)8/h4H,2-3,6H2,1H3,(H,7,8)/t4-/m0/s1. The molecule has 0 aliphatic heterocycles. The smallest absolute Gasteiger partial charge is 0.321 e. The van der Waals surface area contributed by atoms with E-state index in [9.17, 15) is 4.79 Å². The summed E-state index contributed by atoms with van der Waals surface area (Å²) >= 11 is 3.22. The average Bonchev–Trinajstić information content (AvgIpc) is 1.88. The molecule has 0 aromatic rings. The van der Waals surface area contributed by atoms with Gasteiger partial charge >= 0.3 is 5.97 Å². The maximum absolute atomic E-state index is 10.1. The summed E-state index contributed by atoms with van der Waals surface area (Å²) in [6.07, 6.45) is 1.97. The minimum Gasteiger partial charge on any atom is -0.480 e. The van der Waals surface area contributed by atoms with E-state index in [-0.39, 0.29) is 0 Å². The molecule has 1 atom stereocenters. The van der Waals surface area contributed by atoms with Crippen LogP contribution < -0.4 is 5.73 Å². The van der Waals surface area contributed by atoms with Gasteiger partial charge in [-0.15, -0.1) is 11.8 Å². The van der Waals surface area contributed by atoms with Crippen molar-refractivity contribution in [1.82, 2.24) is 0 Å². The van der Waals surface area contributed by atoms with Gasteiger partial charge in [-0.2, -0.15) is 11.8 Å². The van der Waals surface area contributed by atoms with Crippen molar-refractivity contribution < 1.29 is 9.90 Å². The van der Waals surface area contributed by atoms with Crippen molar-refractivity contribution >= 4 is 29.5 Å². The van der Waals surface area contributed by atoms with E-state index in [1.54, 1.807) is 23.5 Å². The van der Waals surface area contributed by atoms with Crippen LogP contribution in [0.5, 0.6) is 0 Å². The summed E-state index contributed by atoms with van der Waals surface area (Å²) in [5.74, 6) is -0.426. The number of hydrogen-bond donors (Lipinski definition) is 2. The summed E-state index contributed by atoms with van der Waals surface area (Å²) in [5, 5.41) is 9.24. The monoisotopic (exact) mass is 181 g/mol. The Labute approximate surface area is 68.7 Å². The molecule has 5 heteroatoms. The van der Waals surface area contributed by atoms with E-state index in [0.717, 1.165) is 5.08 Å². The van der Waals surface area contributed by atoms with Gasteiger partial charge in [0, 0.05) is 10.8 Å². The third-order valence-corrected chi connectivity index (χ3v) is 3.02. The van der Waals surface area contributed by atoms with E-state index in [1.807, 2.05) is 6.26 Å². The second-order valence-electron chi connectivity index (χ2n) is 1.72. The Hall–Kier alpha value is 0.130. The normalized spacial score (nSPS) is 13.0. The van der Waals surface area contributed by atoms with Gasteiger partial charge < -0.3 is 10.8 Å². The molecule has 0 saturated heterocycles. The highest BCUT2D eigenvalue weighted by Gasteiger charge is 2.09. The average molecular weight is 181 g/mol. The van der Waals surface area contributed by atoms with Crippen molar-refractivity contribution in [3.8, 4) is 0 Å². The number of hydrogen-bond acceptors (Lipinski definition) is 4. The van der Waals surface area contributed by atoms with E-state index in [1.165, 1.54) is 0 Å². The van der Waals surface area contributed by atoms with Gasteiger partial charge in [-0.05, 0) is 6.26 Å². The van der Waals surface area contributed by atoms with Gasteiger partial charge in [0.15, 0.2) is 0 Å². The zero-order valence-electron chi connectivity index (χ0n) is 5.74. The molecule has 3 nitrogen and oxygen atoms in total. The first kappa shape index (κ1) is 10.1. The van der Waals surface area contributed by atoms with Gasteiger partial charge in [0.05, 0.1) is 0 Å². The second kappa shape index (κ2) is 5.88. The van der Waals surface area contributed by atoms with Crippen molar-refractivity contribution in [3.05, 3.63) is 0 Å². The fourth-order valence-corrected chi connectivity index (χ4v) is 1.78. The van der Waals surface area contributed by atoms with E-state index in [4.69, 9.17) is 10.8 Å². The second-order valence-corrected chi connectivity index (χ2v) is 3.98. The lowest BCUT2D eigenvalue weighted by Crippen LogP contribution is -2.32. The molecule has 3 N–H and O–H groups in total. The summed E-state index contributed by atoms with van der Waals surface area (Å²) in [5.41, 5.74) is 5.23. The van der Waals surface area contributed by atoms with Crippen molar-refractivity contribution in [2.45, 2.75) is 6.04 Å². The van der Waals surface area contributed by atoms with Crippen LogP contribution in [0.3, 0.4) is 0 Å². The van der Waals surface area contributed by atoms with Crippen molar-refractivity contribution in [2.24, 2.45) is 5.73 Å². The topological polar surface area (TPSA) is 63.3 Å². The molecule has 0 unspecified atom stereocenters. The van der Waals surface area contributed by atoms with Gasteiger partial charge in [0.1, 0.15) is 6.04 Å². The Kier molecular flexibility index (Phi) is 5.96. The molecule has 0 aromatic carbocycles. The molecule has 0 bridgehead atoms. The molecule has 0 spiro atoms. The largest absolute Gasteiger partial charge is 0.480 e. The lowest BCUT2D eigenvalue weighted by atomic mass is 10.4. The molecule has 0 fully saturated rings. The quantitative estimate of drug-likeness (QED) is 0.476. The third kappa shape index (κ3) is 4.96. The van der Waals surface area contributed by atoms with Crippen LogP contribution in [-0.2, 0) is 4.79 Å². The molecular weight excluding hydrogens is 170 g/mol. The lowest BCUT2D eigenvalue weighted by molar-refractivity contribution is -0.137. The molecule has 60 valence electrons. The van der Waals surface area contributed by atoms with Crippen LogP contribution in [-0.4, -0.2) is 34.2 Å². The molecule has 0 amide bonds. The first-order chi connectivity index (χ1) is 4.68. The highest BCUT2D eigenvalue weighted by Crippen LogP contribution is 2.08. The summed E-state index contributed by atoms with van der Waals surface area (Å²) in [7, 11) is 0. The molecule has 0 saturated carbocycles. The number of thioether (sulfide) groups is 2. The minimum absolute atomic E-state index is 0.496. The predicted octanol–water partition coefficient (Wildman–Crippen LogP) is 0.452. The number of carboxylic acids is 1. The number of carboxylic acid groups (broad SMARTS) is 1. The summed E-state index contributed by atoms with van der Waals surface area (Å²) < 4.78 is 0. The van der Waals surface area contributed by atoms with Crippen LogP contribution in [0, 0.1) is 0 Å². The Balaban J connectivity index is 3.21. The predicted molar refractivity (Wildman–Crippen MR) is 46.5 cm³/mol. The molecule has 0 aromatic heterocycles. The third-order valence-electron chi connectivity index (χ3n) is 0.816. The van der Waals surface area contributed by atoms with Gasteiger partial charge in [0.2, 0.25) is 0 Å². The first-order valence-corrected chi connectivity index (χ1v) is 5.28. The van der Waals surface area contributed by atoms with Crippen LogP contribution in [0.15, 0.2) is 0 Å². The summed E-state index contributed by atoms with van der Waals surface area (Å²) in [4.78, 5) is 10.1. The summed E-state index contributed by atoms with van der Waals surface area (Å²) in [6, 6.07) is -0.711. The maximum Gasteiger partial charge on any atom is 0.321 e. The number of rotatable bonds is 5. The number of carbonyl (C=O) groups is 1. The van der Waals surface area contributed by atoms with Crippen LogP contribution in [0.25, 0.3) is 0 Å². The van der Waals surface area contributed by atoms with Crippen LogP contribution in [0.1, 0.15) is 0 Å². The van der Waals surface area contributed by atoms with Gasteiger partial charge in [-0.3, -0.25) is 4.79 Å². The van der Waals surface area contributed by atoms with Crippen molar-refractivity contribution in [3.63, 3.8) is 0 Å². The van der Waals surface area contributed by atoms with Gasteiger partial charge in [-0.25, -0.2) is 0 Å². The van der Waals surface area contributed by atoms with Gasteiger partial charge in [0.25, 0.3) is 0 Å². The fourth-order valence-electron chi connectivity index (χ4n) is 0.330. The van der Waals surface area contributed by atoms with Crippen LogP contribution >= 0.6 is 23.5 Å². The fraction of sp³-hybridized carbons (Fsp3) is 0.800. The van der Waals surface area contributed by atoms with Crippen molar-refractivity contribution in [1.29, 1.82) is 0 Å². The molecule has 0 aliphatic rings.